The van der Waals surface area contributed by atoms with Crippen molar-refractivity contribution in [1.29, 1.82) is 0 Å². The Hall–Kier alpha value is -1.22. The number of rotatable bonds is 3. The zero-order chi connectivity index (χ0) is 11.8. The van der Waals surface area contributed by atoms with Gasteiger partial charge in [-0.1, -0.05) is 0 Å². The standard InChI is InChI=1S/C13H19NO2/c1-13(2,15)7-9-8-14-12-5-4-10(16-3)6-11(9)12/h4-6,9,14-15H,7-8H2,1-3H3. The third-order valence-corrected chi connectivity index (χ3v) is 2.98. The second-order valence-electron chi connectivity index (χ2n) is 5.05. The lowest BCUT2D eigenvalue weighted by atomic mass is 9.89. The third kappa shape index (κ3) is 2.30. The third-order valence-electron chi connectivity index (χ3n) is 2.98. The maximum Gasteiger partial charge on any atom is 0.119 e. The molecular formula is C13H19NO2. The molecule has 1 aliphatic heterocycles. The lowest BCUT2D eigenvalue weighted by Crippen LogP contribution is -2.23. The summed E-state index contributed by atoms with van der Waals surface area (Å²) >= 11 is 0. The molecule has 1 heterocycles. The molecule has 2 rings (SSSR count). The van der Waals surface area contributed by atoms with Crippen LogP contribution in [0, 0.1) is 0 Å². The molecule has 1 atom stereocenters. The Balaban J connectivity index is 2.24. The van der Waals surface area contributed by atoms with Crippen LogP contribution in [-0.2, 0) is 0 Å². The molecule has 0 bridgehead atoms. The van der Waals surface area contributed by atoms with Crippen LogP contribution in [0.1, 0.15) is 31.7 Å². The Morgan fingerprint density at radius 1 is 1.50 bits per heavy atom. The number of hydrogen-bond acceptors (Lipinski definition) is 3. The molecule has 0 spiro atoms. The highest BCUT2D eigenvalue weighted by molar-refractivity contribution is 5.60. The van der Waals surface area contributed by atoms with Gasteiger partial charge in [0, 0.05) is 18.2 Å². The van der Waals surface area contributed by atoms with Gasteiger partial charge in [-0.05, 0) is 44.0 Å². The predicted molar refractivity (Wildman–Crippen MR) is 65.1 cm³/mol. The van der Waals surface area contributed by atoms with Crippen molar-refractivity contribution in [3.05, 3.63) is 23.8 Å². The topological polar surface area (TPSA) is 41.5 Å². The number of hydrogen-bond donors (Lipinski definition) is 2. The van der Waals surface area contributed by atoms with Crippen LogP contribution in [0.25, 0.3) is 0 Å². The van der Waals surface area contributed by atoms with E-state index in [1.165, 1.54) is 5.56 Å². The summed E-state index contributed by atoms with van der Waals surface area (Å²) < 4.78 is 5.23. The minimum Gasteiger partial charge on any atom is -0.497 e. The number of nitrogens with one attached hydrogen (secondary N) is 1. The highest BCUT2D eigenvalue weighted by atomic mass is 16.5. The van der Waals surface area contributed by atoms with E-state index in [0.29, 0.717) is 5.92 Å². The molecular weight excluding hydrogens is 202 g/mol. The zero-order valence-electron chi connectivity index (χ0n) is 10.1. The summed E-state index contributed by atoms with van der Waals surface area (Å²) in [7, 11) is 1.68. The van der Waals surface area contributed by atoms with Gasteiger partial charge in [0.2, 0.25) is 0 Å². The van der Waals surface area contributed by atoms with Crippen LogP contribution < -0.4 is 10.1 Å². The first-order valence-corrected chi connectivity index (χ1v) is 5.64. The molecule has 0 saturated heterocycles. The quantitative estimate of drug-likeness (QED) is 0.823. The predicted octanol–water partition coefficient (Wildman–Crippen LogP) is 2.37. The first-order chi connectivity index (χ1) is 7.49. The van der Waals surface area contributed by atoms with Gasteiger partial charge in [0.05, 0.1) is 12.7 Å². The van der Waals surface area contributed by atoms with E-state index in [1.54, 1.807) is 7.11 Å². The first-order valence-electron chi connectivity index (χ1n) is 5.64. The van der Waals surface area contributed by atoms with Gasteiger partial charge in [0.25, 0.3) is 0 Å². The summed E-state index contributed by atoms with van der Waals surface area (Å²) in [6.45, 7) is 4.60. The van der Waals surface area contributed by atoms with E-state index in [2.05, 4.69) is 11.4 Å². The van der Waals surface area contributed by atoms with E-state index in [0.717, 1.165) is 24.4 Å². The lowest BCUT2D eigenvalue weighted by molar-refractivity contribution is 0.0647. The fourth-order valence-electron chi connectivity index (χ4n) is 2.29. The Labute approximate surface area is 96.4 Å². The van der Waals surface area contributed by atoms with E-state index >= 15 is 0 Å². The van der Waals surface area contributed by atoms with Crippen LogP contribution >= 0.6 is 0 Å². The second-order valence-corrected chi connectivity index (χ2v) is 5.05. The molecule has 1 unspecified atom stereocenters. The zero-order valence-corrected chi connectivity index (χ0v) is 10.1. The SMILES string of the molecule is COc1ccc2c(c1)C(CC(C)(C)O)CN2. The smallest absolute Gasteiger partial charge is 0.119 e. The van der Waals surface area contributed by atoms with Gasteiger partial charge in [-0.2, -0.15) is 0 Å². The molecule has 88 valence electrons. The fraction of sp³-hybridized carbons (Fsp3) is 0.538. The minimum atomic E-state index is -0.628. The highest BCUT2D eigenvalue weighted by Gasteiger charge is 2.27. The van der Waals surface area contributed by atoms with Crippen molar-refractivity contribution in [3.63, 3.8) is 0 Å². The van der Waals surface area contributed by atoms with Crippen LogP contribution in [0.3, 0.4) is 0 Å². The fourth-order valence-corrected chi connectivity index (χ4v) is 2.29. The summed E-state index contributed by atoms with van der Waals surface area (Å²) in [6, 6.07) is 6.06. The maximum atomic E-state index is 9.87. The minimum absolute atomic E-state index is 0.366. The molecule has 3 nitrogen and oxygen atoms in total. The molecule has 1 aromatic carbocycles. The average Bonchev–Trinajstić information content (AvgIpc) is 2.58. The number of aliphatic hydroxyl groups is 1. The molecule has 0 radical (unpaired) electrons. The van der Waals surface area contributed by atoms with Gasteiger partial charge in [-0.25, -0.2) is 0 Å². The number of benzene rings is 1. The van der Waals surface area contributed by atoms with Crippen molar-refractivity contribution in [2.75, 3.05) is 19.0 Å². The number of fused-ring (bicyclic) bond motifs is 1. The van der Waals surface area contributed by atoms with Gasteiger partial charge in [-0.3, -0.25) is 0 Å². The molecule has 0 amide bonds. The molecule has 2 N–H and O–H groups in total. The van der Waals surface area contributed by atoms with E-state index in [4.69, 9.17) is 4.74 Å². The molecule has 0 saturated carbocycles. The lowest BCUT2D eigenvalue weighted by Gasteiger charge is -2.21. The van der Waals surface area contributed by atoms with E-state index < -0.39 is 5.60 Å². The van der Waals surface area contributed by atoms with Crippen LogP contribution in [0.5, 0.6) is 5.75 Å². The monoisotopic (exact) mass is 221 g/mol. The first kappa shape index (κ1) is 11.3. The van der Waals surface area contributed by atoms with Crippen molar-refractivity contribution in [3.8, 4) is 5.75 Å². The molecule has 1 aliphatic rings. The summed E-state index contributed by atoms with van der Waals surface area (Å²) in [5.74, 6) is 1.24. The summed E-state index contributed by atoms with van der Waals surface area (Å²) in [4.78, 5) is 0. The molecule has 0 aromatic heterocycles. The van der Waals surface area contributed by atoms with Crippen LogP contribution in [0.2, 0.25) is 0 Å². The van der Waals surface area contributed by atoms with Crippen molar-refractivity contribution in [1.82, 2.24) is 0 Å². The van der Waals surface area contributed by atoms with Gasteiger partial charge in [-0.15, -0.1) is 0 Å². The van der Waals surface area contributed by atoms with Crippen LogP contribution in [0.15, 0.2) is 18.2 Å². The Kier molecular flexibility index (Phi) is 2.80. The number of methoxy groups -OCH3 is 1. The van der Waals surface area contributed by atoms with Crippen molar-refractivity contribution >= 4 is 5.69 Å². The molecule has 0 fully saturated rings. The Morgan fingerprint density at radius 2 is 2.25 bits per heavy atom. The molecule has 3 heteroatoms. The Bertz CT molecular complexity index is 382. The van der Waals surface area contributed by atoms with E-state index in [-0.39, 0.29) is 0 Å². The van der Waals surface area contributed by atoms with Crippen LogP contribution in [-0.4, -0.2) is 24.4 Å². The summed E-state index contributed by atoms with van der Waals surface area (Å²) in [5.41, 5.74) is 1.79. The van der Waals surface area contributed by atoms with Crippen molar-refractivity contribution < 1.29 is 9.84 Å². The van der Waals surface area contributed by atoms with Gasteiger partial charge < -0.3 is 15.2 Å². The highest BCUT2D eigenvalue weighted by Crippen LogP contribution is 2.38. The summed E-state index contributed by atoms with van der Waals surface area (Å²) in [5, 5.41) is 13.2. The normalized spacial score (nSPS) is 19.1. The summed E-state index contributed by atoms with van der Waals surface area (Å²) in [6.07, 6.45) is 0.764. The van der Waals surface area contributed by atoms with Crippen molar-refractivity contribution in [2.45, 2.75) is 31.8 Å². The second kappa shape index (κ2) is 3.98. The number of ether oxygens (including phenoxy) is 1. The Morgan fingerprint density at radius 3 is 2.88 bits per heavy atom. The van der Waals surface area contributed by atoms with E-state index in [9.17, 15) is 5.11 Å². The van der Waals surface area contributed by atoms with Gasteiger partial charge >= 0.3 is 0 Å². The maximum absolute atomic E-state index is 9.87. The molecule has 1 aromatic rings. The van der Waals surface area contributed by atoms with Crippen LogP contribution in [0.4, 0.5) is 5.69 Å². The van der Waals surface area contributed by atoms with Crippen molar-refractivity contribution in [2.24, 2.45) is 0 Å². The molecule has 0 aliphatic carbocycles. The number of anilines is 1. The molecule has 16 heavy (non-hydrogen) atoms. The van der Waals surface area contributed by atoms with E-state index in [1.807, 2.05) is 26.0 Å². The average molecular weight is 221 g/mol. The largest absolute Gasteiger partial charge is 0.497 e. The van der Waals surface area contributed by atoms with Gasteiger partial charge in [0.15, 0.2) is 0 Å². The van der Waals surface area contributed by atoms with Gasteiger partial charge in [0.1, 0.15) is 5.75 Å².